The number of thiazole rings is 1. The van der Waals surface area contributed by atoms with E-state index in [4.69, 9.17) is 4.74 Å². The molecule has 3 rings (SSSR count). The molecule has 1 heterocycles. The number of phenols is 1. The molecule has 0 radical (unpaired) electrons. The molecule has 0 amide bonds. The first-order valence-electron chi connectivity index (χ1n) is 6.86. The lowest BCUT2D eigenvalue weighted by Crippen LogP contribution is -1.94. The second kappa shape index (κ2) is 6.44. The van der Waals surface area contributed by atoms with Crippen LogP contribution in [0.5, 0.6) is 11.5 Å². The van der Waals surface area contributed by atoms with Crippen LogP contribution in [0.2, 0.25) is 0 Å². The standard InChI is InChI=1S/C16H15N3O2S/c1-2-21-14-9-11(7-8-13(14)20)10-17-19-16-18-12-5-3-4-6-15(12)22-16/h3-10,20H,2H2,1H3,(H,18,19)/b17-10+. The molecule has 0 atom stereocenters. The van der Waals surface area contributed by atoms with Crippen molar-refractivity contribution < 1.29 is 9.84 Å². The predicted octanol–water partition coefficient (Wildman–Crippen LogP) is 3.85. The summed E-state index contributed by atoms with van der Waals surface area (Å²) in [6.07, 6.45) is 1.66. The van der Waals surface area contributed by atoms with Crippen LogP contribution in [-0.2, 0) is 0 Å². The summed E-state index contributed by atoms with van der Waals surface area (Å²) >= 11 is 1.55. The van der Waals surface area contributed by atoms with E-state index in [1.165, 1.54) is 0 Å². The number of anilines is 1. The molecule has 0 aliphatic rings. The quantitative estimate of drug-likeness (QED) is 0.554. The van der Waals surface area contributed by atoms with E-state index in [1.807, 2.05) is 31.2 Å². The van der Waals surface area contributed by atoms with Crippen LogP contribution in [0.1, 0.15) is 12.5 Å². The number of nitrogens with zero attached hydrogens (tertiary/aromatic N) is 2. The molecule has 0 unspecified atom stereocenters. The van der Waals surface area contributed by atoms with Gasteiger partial charge in [-0.15, -0.1) is 0 Å². The summed E-state index contributed by atoms with van der Waals surface area (Å²) in [5.74, 6) is 0.574. The monoisotopic (exact) mass is 313 g/mol. The lowest BCUT2D eigenvalue weighted by atomic mass is 10.2. The van der Waals surface area contributed by atoms with E-state index in [0.29, 0.717) is 12.4 Å². The molecule has 0 spiro atoms. The van der Waals surface area contributed by atoms with Gasteiger partial charge in [0, 0.05) is 0 Å². The number of phenolic OH excluding ortho intramolecular Hbond substituents is 1. The molecular weight excluding hydrogens is 298 g/mol. The maximum absolute atomic E-state index is 9.66. The number of benzene rings is 2. The second-order valence-corrected chi connectivity index (χ2v) is 5.55. The van der Waals surface area contributed by atoms with Crippen LogP contribution in [-0.4, -0.2) is 22.9 Å². The van der Waals surface area contributed by atoms with E-state index in [1.54, 1.807) is 35.8 Å². The Morgan fingerprint density at radius 3 is 3.00 bits per heavy atom. The minimum atomic E-state index is 0.123. The summed E-state index contributed by atoms with van der Waals surface area (Å²) < 4.78 is 6.45. The van der Waals surface area contributed by atoms with Gasteiger partial charge in [-0.2, -0.15) is 5.10 Å². The van der Waals surface area contributed by atoms with E-state index in [0.717, 1.165) is 20.9 Å². The van der Waals surface area contributed by atoms with Gasteiger partial charge >= 0.3 is 0 Å². The van der Waals surface area contributed by atoms with Gasteiger partial charge in [0.25, 0.3) is 0 Å². The first kappa shape index (κ1) is 14.3. The van der Waals surface area contributed by atoms with Gasteiger partial charge < -0.3 is 9.84 Å². The summed E-state index contributed by atoms with van der Waals surface area (Å²) in [4.78, 5) is 4.43. The van der Waals surface area contributed by atoms with E-state index >= 15 is 0 Å². The zero-order valence-electron chi connectivity index (χ0n) is 12.0. The Morgan fingerprint density at radius 1 is 1.32 bits per heavy atom. The molecule has 0 aliphatic heterocycles. The highest BCUT2D eigenvalue weighted by molar-refractivity contribution is 7.22. The molecule has 112 valence electrons. The fraction of sp³-hybridized carbons (Fsp3) is 0.125. The summed E-state index contributed by atoms with van der Waals surface area (Å²) in [6, 6.07) is 13.0. The van der Waals surface area contributed by atoms with Crippen molar-refractivity contribution >= 4 is 32.9 Å². The van der Waals surface area contributed by atoms with E-state index in [-0.39, 0.29) is 5.75 Å². The molecule has 0 fully saturated rings. The minimum Gasteiger partial charge on any atom is -0.504 e. The Kier molecular flexibility index (Phi) is 4.20. The van der Waals surface area contributed by atoms with Crippen LogP contribution < -0.4 is 10.2 Å². The van der Waals surface area contributed by atoms with Gasteiger partial charge in [-0.1, -0.05) is 23.5 Å². The van der Waals surface area contributed by atoms with Gasteiger partial charge in [-0.3, -0.25) is 5.43 Å². The van der Waals surface area contributed by atoms with E-state index < -0.39 is 0 Å². The zero-order valence-corrected chi connectivity index (χ0v) is 12.8. The molecule has 0 bridgehead atoms. The number of hydrogen-bond acceptors (Lipinski definition) is 6. The number of ether oxygens (including phenoxy) is 1. The molecule has 0 saturated carbocycles. The Bertz CT molecular complexity index is 781. The maximum Gasteiger partial charge on any atom is 0.204 e. The highest BCUT2D eigenvalue weighted by Gasteiger charge is 2.03. The van der Waals surface area contributed by atoms with Crippen molar-refractivity contribution in [2.45, 2.75) is 6.92 Å². The highest BCUT2D eigenvalue weighted by atomic mass is 32.1. The fourth-order valence-corrected chi connectivity index (χ4v) is 2.78. The molecule has 5 nitrogen and oxygen atoms in total. The summed E-state index contributed by atoms with van der Waals surface area (Å²) in [5.41, 5.74) is 4.70. The van der Waals surface area contributed by atoms with Crippen molar-refractivity contribution in [1.82, 2.24) is 4.98 Å². The third-order valence-electron chi connectivity index (χ3n) is 2.95. The number of para-hydroxylation sites is 1. The Balaban J connectivity index is 1.72. The van der Waals surface area contributed by atoms with E-state index in [9.17, 15) is 5.11 Å². The molecule has 22 heavy (non-hydrogen) atoms. The smallest absolute Gasteiger partial charge is 0.204 e. The number of aromatic hydroxyl groups is 1. The highest BCUT2D eigenvalue weighted by Crippen LogP contribution is 2.27. The zero-order chi connectivity index (χ0) is 15.4. The first-order valence-corrected chi connectivity index (χ1v) is 7.68. The Morgan fingerprint density at radius 2 is 2.18 bits per heavy atom. The van der Waals surface area contributed by atoms with Crippen LogP contribution in [0.4, 0.5) is 5.13 Å². The number of hydrazone groups is 1. The van der Waals surface area contributed by atoms with Crippen LogP contribution in [0.15, 0.2) is 47.6 Å². The average Bonchev–Trinajstić information content (AvgIpc) is 2.93. The van der Waals surface area contributed by atoms with Crippen molar-refractivity contribution in [2.24, 2.45) is 5.10 Å². The molecule has 0 saturated heterocycles. The number of rotatable bonds is 5. The molecule has 0 aliphatic carbocycles. The summed E-state index contributed by atoms with van der Waals surface area (Å²) in [5, 5.41) is 14.6. The third-order valence-corrected chi connectivity index (χ3v) is 3.89. The lowest BCUT2D eigenvalue weighted by Gasteiger charge is -2.05. The molecular formula is C16H15N3O2S. The van der Waals surface area contributed by atoms with Crippen molar-refractivity contribution in [3.05, 3.63) is 48.0 Å². The van der Waals surface area contributed by atoms with Gasteiger partial charge in [0.05, 0.1) is 23.0 Å². The van der Waals surface area contributed by atoms with Gasteiger partial charge in [0.15, 0.2) is 11.5 Å². The third kappa shape index (κ3) is 3.17. The fourth-order valence-electron chi connectivity index (χ4n) is 1.96. The maximum atomic E-state index is 9.66. The van der Waals surface area contributed by atoms with Crippen LogP contribution in [0.3, 0.4) is 0 Å². The van der Waals surface area contributed by atoms with Gasteiger partial charge in [0.1, 0.15) is 0 Å². The van der Waals surface area contributed by atoms with Crippen LogP contribution >= 0.6 is 11.3 Å². The van der Waals surface area contributed by atoms with Crippen LogP contribution in [0, 0.1) is 0 Å². The van der Waals surface area contributed by atoms with E-state index in [2.05, 4.69) is 15.5 Å². The number of aromatic nitrogens is 1. The summed E-state index contributed by atoms with van der Waals surface area (Å²) in [6.45, 7) is 2.37. The van der Waals surface area contributed by atoms with Crippen molar-refractivity contribution in [3.8, 4) is 11.5 Å². The van der Waals surface area contributed by atoms with Crippen molar-refractivity contribution in [3.63, 3.8) is 0 Å². The average molecular weight is 313 g/mol. The minimum absolute atomic E-state index is 0.123. The molecule has 6 heteroatoms. The molecule has 2 aromatic carbocycles. The molecule has 1 aromatic heterocycles. The second-order valence-electron chi connectivity index (χ2n) is 4.52. The predicted molar refractivity (Wildman–Crippen MR) is 90.1 cm³/mol. The van der Waals surface area contributed by atoms with Crippen molar-refractivity contribution in [1.29, 1.82) is 0 Å². The van der Waals surface area contributed by atoms with Gasteiger partial charge in [-0.25, -0.2) is 4.98 Å². The van der Waals surface area contributed by atoms with Crippen molar-refractivity contribution in [2.75, 3.05) is 12.0 Å². The SMILES string of the molecule is CCOc1cc(/C=N/Nc2nc3ccccc3s2)ccc1O. The Hall–Kier alpha value is -2.60. The summed E-state index contributed by atoms with van der Waals surface area (Å²) in [7, 11) is 0. The number of nitrogens with one attached hydrogen (secondary N) is 1. The molecule has 2 N–H and O–H groups in total. The number of hydrogen-bond donors (Lipinski definition) is 2. The lowest BCUT2D eigenvalue weighted by molar-refractivity contribution is 0.318. The number of fused-ring (bicyclic) bond motifs is 1. The molecule has 3 aromatic rings. The Labute approximate surface area is 131 Å². The normalized spacial score (nSPS) is 11.1. The largest absolute Gasteiger partial charge is 0.504 e. The van der Waals surface area contributed by atoms with Gasteiger partial charge in [-0.05, 0) is 42.8 Å². The van der Waals surface area contributed by atoms with Gasteiger partial charge in [0.2, 0.25) is 5.13 Å². The topological polar surface area (TPSA) is 66.7 Å². The van der Waals surface area contributed by atoms with Crippen LogP contribution in [0.25, 0.3) is 10.2 Å². The first-order chi connectivity index (χ1) is 10.8.